The van der Waals surface area contributed by atoms with Gasteiger partial charge in [0.1, 0.15) is 11.2 Å². The fourth-order valence-electron chi connectivity index (χ4n) is 1.56. The first-order valence-corrected chi connectivity index (χ1v) is 5.52. The molecule has 0 spiro atoms. The smallest absolute Gasteiger partial charge is 0.247 e. The SMILES string of the molecule is S=C=Nc1ccc2oc(-c3cnccn3)nc2c1. The van der Waals surface area contributed by atoms with Gasteiger partial charge in [0.05, 0.1) is 17.0 Å². The molecule has 86 valence electrons. The summed E-state index contributed by atoms with van der Waals surface area (Å²) in [6.45, 7) is 0. The Kier molecular flexibility index (Phi) is 2.64. The topological polar surface area (TPSA) is 64.2 Å². The minimum absolute atomic E-state index is 0.432. The van der Waals surface area contributed by atoms with Crippen molar-refractivity contribution < 1.29 is 4.42 Å². The van der Waals surface area contributed by atoms with E-state index in [2.05, 4.69) is 37.3 Å². The Morgan fingerprint density at radius 3 is 3.00 bits per heavy atom. The van der Waals surface area contributed by atoms with Crippen LogP contribution in [0.25, 0.3) is 22.7 Å². The van der Waals surface area contributed by atoms with Crippen LogP contribution in [0.1, 0.15) is 0 Å². The lowest BCUT2D eigenvalue weighted by atomic mass is 10.3. The van der Waals surface area contributed by atoms with Crippen LogP contribution in [0.2, 0.25) is 0 Å². The molecule has 0 aliphatic rings. The summed E-state index contributed by atoms with van der Waals surface area (Å²) in [5.41, 5.74) is 2.64. The zero-order valence-corrected chi connectivity index (χ0v) is 9.89. The molecule has 6 heteroatoms. The first-order chi connectivity index (χ1) is 8.86. The number of aromatic nitrogens is 3. The largest absolute Gasteiger partial charge is 0.435 e. The predicted octanol–water partition coefficient (Wildman–Crippen LogP) is 3.02. The minimum Gasteiger partial charge on any atom is -0.435 e. The van der Waals surface area contributed by atoms with Crippen molar-refractivity contribution in [3.8, 4) is 11.6 Å². The van der Waals surface area contributed by atoms with Crippen LogP contribution in [0.5, 0.6) is 0 Å². The molecule has 0 saturated heterocycles. The maximum atomic E-state index is 5.59. The summed E-state index contributed by atoms with van der Waals surface area (Å²) in [7, 11) is 0. The Labute approximate surface area is 107 Å². The molecule has 0 radical (unpaired) electrons. The second-order valence-electron chi connectivity index (χ2n) is 3.46. The van der Waals surface area contributed by atoms with Crippen LogP contribution < -0.4 is 0 Å². The highest BCUT2D eigenvalue weighted by Gasteiger charge is 2.09. The normalized spacial score (nSPS) is 10.2. The van der Waals surface area contributed by atoms with Crippen molar-refractivity contribution in [3.63, 3.8) is 0 Å². The van der Waals surface area contributed by atoms with E-state index in [0.717, 1.165) is 0 Å². The first kappa shape index (κ1) is 10.7. The van der Waals surface area contributed by atoms with Gasteiger partial charge >= 0.3 is 0 Å². The van der Waals surface area contributed by atoms with Gasteiger partial charge in [-0.3, -0.25) is 4.98 Å². The molecule has 2 aromatic heterocycles. The summed E-state index contributed by atoms with van der Waals surface area (Å²) in [6.07, 6.45) is 4.78. The van der Waals surface area contributed by atoms with Gasteiger partial charge in [0.15, 0.2) is 5.58 Å². The van der Waals surface area contributed by atoms with Crippen LogP contribution in [-0.4, -0.2) is 20.1 Å². The van der Waals surface area contributed by atoms with Gasteiger partial charge in [0, 0.05) is 12.4 Å². The Morgan fingerprint density at radius 1 is 1.28 bits per heavy atom. The van der Waals surface area contributed by atoms with E-state index in [9.17, 15) is 0 Å². The number of hydrogen-bond donors (Lipinski definition) is 0. The molecule has 0 N–H and O–H groups in total. The van der Waals surface area contributed by atoms with Crippen molar-refractivity contribution in [2.24, 2.45) is 4.99 Å². The number of thiocarbonyl (C=S) groups is 1. The standard InChI is InChI=1S/C12H6N4OS/c18-7-15-8-1-2-11-9(5-8)16-12(17-11)10-6-13-3-4-14-10/h1-6H. The highest BCUT2D eigenvalue weighted by Crippen LogP contribution is 2.25. The number of benzene rings is 1. The van der Waals surface area contributed by atoms with Gasteiger partial charge in [-0.15, -0.1) is 0 Å². The van der Waals surface area contributed by atoms with Gasteiger partial charge in [-0.05, 0) is 30.4 Å². The molecule has 0 unspecified atom stereocenters. The Bertz CT molecular complexity index is 747. The van der Waals surface area contributed by atoms with Gasteiger partial charge < -0.3 is 4.42 Å². The highest BCUT2D eigenvalue weighted by molar-refractivity contribution is 7.78. The Balaban J connectivity index is 2.14. The fourth-order valence-corrected chi connectivity index (χ4v) is 1.66. The molecule has 0 atom stereocenters. The van der Waals surface area contributed by atoms with Gasteiger partial charge in [0.2, 0.25) is 5.89 Å². The number of hydrogen-bond acceptors (Lipinski definition) is 6. The van der Waals surface area contributed by atoms with E-state index in [1.807, 2.05) is 0 Å². The minimum atomic E-state index is 0.432. The highest BCUT2D eigenvalue weighted by atomic mass is 32.1. The number of oxazole rings is 1. The van der Waals surface area contributed by atoms with Crippen molar-refractivity contribution in [3.05, 3.63) is 36.8 Å². The van der Waals surface area contributed by atoms with E-state index in [1.54, 1.807) is 36.8 Å². The zero-order valence-electron chi connectivity index (χ0n) is 9.07. The average molecular weight is 254 g/mol. The third kappa shape index (κ3) is 1.90. The van der Waals surface area contributed by atoms with Crippen molar-refractivity contribution >= 4 is 34.2 Å². The van der Waals surface area contributed by atoms with E-state index >= 15 is 0 Å². The van der Waals surface area contributed by atoms with Gasteiger partial charge in [-0.1, -0.05) is 0 Å². The first-order valence-electron chi connectivity index (χ1n) is 5.12. The summed E-state index contributed by atoms with van der Waals surface area (Å²) in [6, 6.07) is 5.35. The monoisotopic (exact) mass is 254 g/mol. The van der Waals surface area contributed by atoms with Gasteiger partial charge in [-0.2, -0.15) is 4.99 Å². The summed E-state index contributed by atoms with van der Waals surface area (Å²) in [5.74, 6) is 0.432. The van der Waals surface area contributed by atoms with E-state index in [0.29, 0.717) is 28.4 Å². The predicted molar refractivity (Wildman–Crippen MR) is 69.7 cm³/mol. The molecule has 18 heavy (non-hydrogen) atoms. The molecule has 0 fully saturated rings. The molecule has 0 bridgehead atoms. The van der Waals surface area contributed by atoms with E-state index < -0.39 is 0 Å². The Morgan fingerprint density at radius 2 is 2.22 bits per heavy atom. The third-order valence-corrected chi connectivity index (χ3v) is 2.42. The fraction of sp³-hybridized carbons (Fsp3) is 0. The molecule has 1 aromatic carbocycles. The van der Waals surface area contributed by atoms with Gasteiger partial charge in [0.25, 0.3) is 0 Å². The molecular formula is C12H6N4OS. The lowest BCUT2D eigenvalue weighted by Gasteiger charge is -1.89. The van der Waals surface area contributed by atoms with Crippen molar-refractivity contribution in [2.75, 3.05) is 0 Å². The second kappa shape index (κ2) is 4.44. The molecule has 5 nitrogen and oxygen atoms in total. The van der Waals surface area contributed by atoms with Crippen molar-refractivity contribution in [1.29, 1.82) is 0 Å². The van der Waals surface area contributed by atoms with Crippen LogP contribution in [0.15, 0.2) is 46.2 Å². The zero-order chi connectivity index (χ0) is 12.4. The summed E-state index contributed by atoms with van der Waals surface area (Å²) >= 11 is 4.56. The molecule has 0 amide bonds. The van der Waals surface area contributed by atoms with Crippen LogP contribution in [0.4, 0.5) is 5.69 Å². The molecule has 2 heterocycles. The summed E-state index contributed by atoms with van der Waals surface area (Å²) in [4.78, 5) is 16.3. The van der Waals surface area contributed by atoms with Gasteiger partial charge in [-0.25, -0.2) is 9.97 Å². The second-order valence-corrected chi connectivity index (χ2v) is 3.65. The van der Waals surface area contributed by atoms with Crippen LogP contribution in [0.3, 0.4) is 0 Å². The number of rotatable bonds is 2. The van der Waals surface area contributed by atoms with E-state index in [-0.39, 0.29) is 0 Å². The van der Waals surface area contributed by atoms with E-state index in [4.69, 9.17) is 4.42 Å². The van der Waals surface area contributed by atoms with Crippen LogP contribution in [0, 0.1) is 0 Å². The number of fused-ring (bicyclic) bond motifs is 1. The number of isothiocyanates is 1. The van der Waals surface area contributed by atoms with Crippen LogP contribution >= 0.6 is 12.2 Å². The molecule has 3 aromatic rings. The molecule has 0 saturated carbocycles. The summed E-state index contributed by atoms with van der Waals surface area (Å²) in [5, 5.41) is 2.31. The number of nitrogens with zero attached hydrogens (tertiary/aromatic N) is 4. The molecule has 3 rings (SSSR count). The van der Waals surface area contributed by atoms with Crippen molar-refractivity contribution in [2.45, 2.75) is 0 Å². The van der Waals surface area contributed by atoms with Crippen LogP contribution in [-0.2, 0) is 0 Å². The third-order valence-electron chi connectivity index (χ3n) is 2.33. The molecule has 0 aliphatic carbocycles. The average Bonchev–Trinajstić information content (AvgIpc) is 2.83. The number of aliphatic imine (C=N–C) groups is 1. The van der Waals surface area contributed by atoms with E-state index in [1.165, 1.54) is 0 Å². The lowest BCUT2D eigenvalue weighted by Crippen LogP contribution is -1.82. The molecular weight excluding hydrogens is 248 g/mol. The van der Waals surface area contributed by atoms with Crippen molar-refractivity contribution in [1.82, 2.24) is 15.0 Å². The lowest BCUT2D eigenvalue weighted by molar-refractivity contribution is 0.616. The summed E-state index contributed by atoms with van der Waals surface area (Å²) < 4.78 is 5.59. The maximum absolute atomic E-state index is 5.59. The maximum Gasteiger partial charge on any atom is 0.247 e. The quantitative estimate of drug-likeness (QED) is 0.519. The Hall–Kier alpha value is -2.43. The molecule has 0 aliphatic heterocycles.